The van der Waals surface area contributed by atoms with Gasteiger partial charge >= 0.3 is 0 Å². The second-order valence-electron chi connectivity index (χ2n) is 7.09. The Balaban J connectivity index is 1.76. The van der Waals surface area contributed by atoms with Crippen LogP contribution >= 0.6 is 0 Å². The monoisotopic (exact) mass is 376 g/mol. The van der Waals surface area contributed by atoms with E-state index in [0.29, 0.717) is 11.7 Å². The van der Waals surface area contributed by atoms with Gasteiger partial charge in [0.2, 0.25) is 0 Å². The molecule has 0 amide bonds. The van der Waals surface area contributed by atoms with Crippen molar-refractivity contribution in [2.45, 2.75) is 20.3 Å². The second-order valence-corrected chi connectivity index (χ2v) is 7.09. The zero-order valence-corrected chi connectivity index (χ0v) is 16.8. The highest BCUT2D eigenvalue weighted by molar-refractivity contribution is 5.61. The molecule has 2 aromatic carbocycles. The maximum Gasteiger partial charge on any atom is 0.163 e. The molecule has 0 saturated heterocycles. The quantitative estimate of drug-likeness (QED) is 0.558. The predicted octanol–water partition coefficient (Wildman–Crippen LogP) is 4.87. The molecule has 0 fully saturated rings. The zero-order chi connectivity index (χ0) is 19.8. The van der Waals surface area contributed by atoms with Crippen molar-refractivity contribution in [3.63, 3.8) is 0 Å². The number of anilines is 2. The molecule has 146 valence electrons. The van der Waals surface area contributed by atoms with Crippen LogP contribution < -0.4 is 15.4 Å². The number of para-hydroxylation sites is 1. The second kappa shape index (κ2) is 9.74. The molecule has 3 rings (SSSR count). The Labute approximate surface area is 167 Å². The first-order valence-electron chi connectivity index (χ1n) is 9.70. The molecule has 0 unspecified atom stereocenters. The van der Waals surface area contributed by atoms with Gasteiger partial charge in [-0.05, 0) is 24.0 Å². The van der Waals surface area contributed by atoms with E-state index >= 15 is 0 Å². The summed E-state index contributed by atoms with van der Waals surface area (Å²) in [7, 11) is 1.70. The molecule has 3 aromatic rings. The van der Waals surface area contributed by atoms with Crippen molar-refractivity contribution in [3.05, 3.63) is 66.2 Å². The lowest BCUT2D eigenvalue weighted by molar-refractivity contribution is 0.410. The number of nitrogens with one attached hydrogen (secondary N) is 2. The number of ether oxygens (including phenoxy) is 1. The van der Waals surface area contributed by atoms with Gasteiger partial charge in [-0.25, -0.2) is 9.97 Å². The third-order valence-corrected chi connectivity index (χ3v) is 4.34. The average Bonchev–Trinajstić information content (AvgIpc) is 2.73. The maximum absolute atomic E-state index is 5.44. The average molecular weight is 377 g/mol. The molecule has 0 radical (unpaired) electrons. The third-order valence-electron chi connectivity index (χ3n) is 4.34. The smallest absolute Gasteiger partial charge is 0.163 e. The number of benzene rings is 2. The number of rotatable bonds is 9. The van der Waals surface area contributed by atoms with Crippen LogP contribution in [0.3, 0.4) is 0 Å². The summed E-state index contributed by atoms with van der Waals surface area (Å²) >= 11 is 0. The van der Waals surface area contributed by atoms with E-state index in [1.807, 2.05) is 54.6 Å². The van der Waals surface area contributed by atoms with Crippen LogP contribution in [0.25, 0.3) is 11.4 Å². The van der Waals surface area contributed by atoms with Gasteiger partial charge in [0.05, 0.1) is 7.11 Å². The van der Waals surface area contributed by atoms with E-state index in [-0.39, 0.29) is 0 Å². The fraction of sp³-hybridized carbons (Fsp3) is 0.304. The van der Waals surface area contributed by atoms with Gasteiger partial charge in [0, 0.05) is 24.7 Å². The van der Waals surface area contributed by atoms with Crippen molar-refractivity contribution >= 4 is 11.6 Å². The van der Waals surface area contributed by atoms with Crippen molar-refractivity contribution < 1.29 is 4.74 Å². The highest BCUT2D eigenvalue weighted by atomic mass is 16.5. The number of methoxy groups -OCH3 is 1. The van der Waals surface area contributed by atoms with Crippen LogP contribution in [0.1, 0.15) is 19.4 Å². The molecule has 0 atom stereocenters. The molecule has 1 aromatic heterocycles. The highest BCUT2D eigenvalue weighted by Crippen LogP contribution is 2.21. The first kappa shape index (κ1) is 19.7. The van der Waals surface area contributed by atoms with E-state index in [4.69, 9.17) is 9.72 Å². The summed E-state index contributed by atoms with van der Waals surface area (Å²) < 4.78 is 5.44. The van der Waals surface area contributed by atoms with Crippen LogP contribution in [0.4, 0.5) is 11.6 Å². The van der Waals surface area contributed by atoms with Crippen LogP contribution in [0, 0.1) is 5.92 Å². The summed E-state index contributed by atoms with van der Waals surface area (Å²) in [5.74, 6) is 3.82. The Kier molecular flexibility index (Phi) is 6.84. The summed E-state index contributed by atoms with van der Waals surface area (Å²) in [4.78, 5) is 9.40. The Hall–Kier alpha value is -3.08. The van der Waals surface area contributed by atoms with Crippen LogP contribution in [0.15, 0.2) is 60.7 Å². The molecule has 0 aliphatic carbocycles. The van der Waals surface area contributed by atoms with Gasteiger partial charge in [-0.3, -0.25) is 0 Å². The van der Waals surface area contributed by atoms with Gasteiger partial charge in [-0.15, -0.1) is 0 Å². The van der Waals surface area contributed by atoms with Gasteiger partial charge in [0.25, 0.3) is 0 Å². The number of hydrogen-bond acceptors (Lipinski definition) is 5. The topological polar surface area (TPSA) is 59.1 Å². The Morgan fingerprint density at radius 1 is 0.893 bits per heavy atom. The number of hydrogen-bond donors (Lipinski definition) is 2. The van der Waals surface area contributed by atoms with E-state index in [9.17, 15) is 0 Å². The molecule has 28 heavy (non-hydrogen) atoms. The number of nitrogens with zero attached hydrogens (tertiary/aromatic N) is 2. The van der Waals surface area contributed by atoms with Gasteiger partial charge in [0.15, 0.2) is 5.82 Å². The maximum atomic E-state index is 5.44. The number of aromatic nitrogens is 2. The molecule has 5 nitrogen and oxygen atoms in total. The van der Waals surface area contributed by atoms with Gasteiger partial charge in [-0.1, -0.05) is 62.4 Å². The summed E-state index contributed by atoms with van der Waals surface area (Å²) in [5.41, 5.74) is 2.18. The van der Waals surface area contributed by atoms with Crippen molar-refractivity contribution in [2.24, 2.45) is 5.92 Å². The molecule has 5 heteroatoms. The summed E-state index contributed by atoms with van der Waals surface area (Å²) in [6.45, 7) is 5.98. The third kappa shape index (κ3) is 5.46. The standard InChI is InChI=1S/C23H28N4O/c1-17(2)16-25-22-15-21(26-23(27-22)19-10-5-4-6-11-19)24-14-13-18-9-7-8-12-20(18)28-3/h4-12,15,17H,13-14,16H2,1-3H3,(H2,24,25,26,27). The molecular weight excluding hydrogens is 348 g/mol. The van der Waals surface area contributed by atoms with Gasteiger partial charge in [0.1, 0.15) is 17.4 Å². The van der Waals surface area contributed by atoms with Crippen LogP contribution in [-0.2, 0) is 6.42 Å². The molecule has 0 aliphatic heterocycles. The van der Waals surface area contributed by atoms with Crippen molar-refractivity contribution in [1.82, 2.24) is 9.97 Å². The minimum absolute atomic E-state index is 0.539. The lowest BCUT2D eigenvalue weighted by Crippen LogP contribution is -2.12. The first-order chi connectivity index (χ1) is 13.7. The SMILES string of the molecule is COc1ccccc1CCNc1cc(NCC(C)C)nc(-c2ccccc2)n1. The fourth-order valence-corrected chi connectivity index (χ4v) is 2.89. The zero-order valence-electron chi connectivity index (χ0n) is 16.8. The van der Waals surface area contributed by atoms with Crippen LogP contribution in [0.2, 0.25) is 0 Å². The minimum atomic E-state index is 0.539. The first-order valence-corrected chi connectivity index (χ1v) is 9.70. The Morgan fingerprint density at radius 3 is 2.29 bits per heavy atom. The lowest BCUT2D eigenvalue weighted by Gasteiger charge is -2.13. The van der Waals surface area contributed by atoms with Crippen LogP contribution in [-0.4, -0.2) is 30.2 Å². The summed E-state index contributed by atoms with van der Waals surface area (Å²) in [6, 6.07) is 20.1. The van der Waals surface area contributed by atoms with E-state index in [1.54, 1.807) is 7.11 Å². The van der Waals surface area contributed by atoms with E-state index in [1.165, 1.54) is 5.56 Å². The summed E-state index contributed by atoms with van der Waals surface area (Å²) in [5, 5.41) is 6.85. The molecule has 2 N–H and O–H groups in total. The highest BCUT2D eigenvalue weighted by Gasteiger charge is 2.08. The predicted molar refractivity (Wildman–Crippen MR) is 116 cm³/mol. The largest absolute Gasteiger partial charge is 0.496 e. The normalized spacial score (nSPS) is 10.7. The van der Waals surface area contributed by atoms with E-state index < -0.39 is 0 Å². The van der Waals surface area contributed by atoms with Crippen molar-refractivity contribution in [2.75, 3.05) is 30.8 Å². The van der Waals surface area contributed by atoms with E-state index in [2.05, 4.69) is 35.5 Å². The molecule has 1 heterocycles. The Bertz CT molecular complexity index is 881. The Morgan fingerprint density at radius 2 is 1.57 bits per heavy atom. The van der Waals surface area contributed by atoms with Gasteiger partial charge < -0.3 is 15.4 Å². The lowest BCUT2D eigenvalue weighted by atomic mass is 10.1. The molecule has 0 spiro atoms. The molecule has 0 saturated carbocycles. The molecule has 0 bridgehead atoms. The fourth-order valence-electron chi connectivity index (χ4n) is 2.89. The van der Waals surface area contributed by atoms with Gasteiger partial charge in [-0.2, -0.15) is 0 Å². The molecule has 0 aliphatic rings. The van der Waals surface area contributed by atoms with Crippen molar-refractivity contribution in [1.29, 1.82) is 0 Å². The van der Waals surface area contributed by atoms with Crippen molar-refractivity contribution in [3.8, 4) is 17.1 Å². The minimum Gasteiger partial charge on any atom is -0.496 e. The summed E-state index contributed by atoms with van der Waals surface area (Å²) in [6.07, 6.45) is 0.851. The van der Waals surface area contributed by atoms with E-state index in [0.717, 1.165) is 42.5 Å². The molecular formula is C23H28N4O. The van der Waals surface area contributed by atoms with Crippen LogP contribution in [0.5, 0.6) is 5.75 Å².